The molecular formula is C21H29Cl2NO3. The summed E-state index contributed by atoms with van der Waals surface area (Å²) in [6.45, 7) is 4.92. The maximum absolute atomic E-state index is 8.83. The molecule has 0 amide bonds. The van der Waals surface area contributed by atoms with Crippen LogP contribution in [0.1, 0.15) is 37.3 Å². The lowest BCUT2D eigenvalue weighted by atomic mass is 10.1. The number of rotatable bonds is 12. The second-order valence-electron chi connectivity index (χ2n) is 6.05. The molecule has 4 nitrogen and oxygen atoms in total. The van der Waals surface area contributed by atoms with Gasteiger partial charge in [0, 0.05) is 23.7 Å². The molecule has 0 fully saturated rings. The first-order valence-corrected chi connectivity index (χ1v) is 9.56. The Labute approximate surface area is 173 Å². The molecule has 6 heteroatoms. The van der Waals surface area contributed by atoms with E-state index >= 15 is 0 Å². The fraction of sp³-hybridized carbons (Fsp3) is 0.429. The summed E-state index contributed by atoms with van der Waals surface area (Å²) in [6, 6.07) is 13.6. The SMILES string of the molecule is CCOc1cccc(CNCCCCCO)c1OCc1ccc(Cl)cc1.Cl. The molecule has 27 heavy (non-hydrogen) atoms. The van der Waals surface area contributed by atoms with Crippen LogP contribution in [0.3, 0.4) is 0 Å². The second kappa shape index (κ2) is 13.7. The third-order valence-electron chi connectivity index (χ3n) is 3.98. The molecule has 0 atom stereocenters. The molecule has 150 valence electrons. The van der Waals surface area contributed by atoms with E-state index in [1.54, 1.807) is 0 Å². The molecule has 0 bridgehead atoms. The van der Waals surface area contributed by atoms with E-state index in [1.165, 1.54) is 0 Å². The number of aliphatic hydroxyl groups is 1. The maximum Gasteiger partial charge on any atom is 0.166 e. The number of unbranched alkanes of at least 4 members (excludes halogenated alkanes) is 2. The standard InChI is InChI=1S/C21H28ClNO3.ClH/c1-2-25-20-8-6-7-18(15-23-13-4-3-5-14-24)21(20)26-16-17-9-11-19(22)12-10-17;/h6-12,23-24H,2-5,13-16H2,1H3;1H. The minimum atomic E-state index is 0. The topological polar surface area (TPSA) is 50.7 Å². The molecule has 0 radical (unpaired) electrons. The normalized spacial score (nSPS) is 10.3. The average molecular weight is 414 g/mol. The van der Waals surface area contributed by atoms with E-state index in [2.05, 4.69) is 11.4 Å². The maximum atomic E-state index is 8.83. The van der Waals surface area contributed by atoms with Crippen molar-refractivity contribution in [1.82, 2.24) is 5.32 Å². The predicted octanol–water partition coefficient (Wildman–Crippen LogP) is 4.99. The number of nitrogens with one attached hydrogen (secondary N) is 1. The Morgan fingerprint density at radius 1 is 1.00 bits per heavy atom. The van der Waals surface area contributed by atoms with Crippen LogP contribution in [-0.4, -0.2) is 24.9 Å². The highest BCUT2D eigenvalue weighted by Gasteiger charge is 2.11. The quantitative estimate of drug-likeness (QED) is 0.481. The van der Waals surface area contributed by atoms with Gasteiger partial charge in [-0.1, -0.05) is 35.9 Å². The van der Waals surface area contributed by atoms with Crippen molar-refractivity contribution in [3.05, 3.63) is 58.6 Å². The van der Waals surface area contributed by atoms with Gasteiger partial charge in [0.15, 0.2) is 11.5 Å². The zero-order valence-electron chi connectivity index (χ0n) is 15.7. The zero-order valence-corrected chi connectivity index (χ0v) is 17.3. The second-order valence-corrected chi connectivity index (χ2v) is 6.49. The average Bonchev–Trinajstić information content (AvgIpc) is 2.65. The molecular weight excluding hydrogens is 385 g/mol. The van der Waals surface area contributed by atoms with Crippen LogP contribution >= 0.6 is 24.0 Å². The first kappa shape index (κ1) is 23.6. The van der Waals surface area contributed by atoms with Gasteiger partial charge in [0.1, 0.15) is 6.61 Å². The number of benzene rings is 2. The van der Waals surface area contributed by atoms with Crippen molar-refractivity contribution in [3.63, 3.8) is 0 Å². The summed E-state index contributed by atoms with van der Waals surface area (Å²) < 4.78 is 11.8. The van der Waals surface area contributed by atoms with Crippen molar-refractivity contribution in [2.45, 2.75) is 39.3 Å². The largest absolute Gasteiger partial charge is 0.490 e. The molecule has 2 rings (SSSR count). The Balaban J connectivity index is 0.00000364. The molecule has 0 saturated carbocycles. The van der Waals surface area contributed by atoms with Crippen LogP contribution in [0.25, 0.3) is 0 Å². The summed E-state index contributed by atoms with van der Waals surface area (Å²) in [7, 11) is 0. The van der Waals surface area contributed by atoms with Gasteiger partial charge in [0.25, 0.3) is 0 Å². The third kappa shape index (κ3) is 8.39. The molecule has 0 aliphatic heterocycles. The Morgan fingerprint density at radius 2 is 1.78 bits per heavy atom. The summed E-state index contributed by atoms with van der Waals surface area (Å²) in [5, 5.41) is 13.0. The highest BCUT2D eigenvalue weighted by molar-refractivity contribution is 6.30. The van der Waals surface area contributed by atoms with Crippen molar-refractivity contribution in [2.24, 2.45) is 0 Å². The van der Waals surface area contributed by atoms with Gasteiger partial charge >= 0.3 is 0 Å². The highest BCUT2D eigenvalue weighted by Crippen LogP contribution is 2.32. The van der Waals surface area contributed by atoms with Gasteiger partial charge in [-0.25, -0.2) is 0 Å². The number of aliphatic hydroxyl groups excluding tert-OH is 1. The number of ether oxygens (including phenoxy) is 2. The first-order chi connectivity index (χ1) is 12.7. The Hall–Kier alpha value is -1.46. The number of hydrogen-bond acceptors (Lipinski definition) is 4. The lowest BCUT2D eigenvalue weighted by molar-refractivity contribution is 0.266. The molecule has 0 aromatic heterocycles. The van der Waals surface area contributed by atoms with E-state index in [4.69, 9.17) is 26.2 Å². The van der Waals surface area contributed by atoms with Gasteiger partial charge in [-0.2, -0.15) is 0 Å². The number of halogens is 2. The minimum absolute atomic E-state index is 0. The van der Waals surface area contributed by atoms with Crippen LogP contribution in [0, 0.1) is 0 Å². The monoisotopic (exact) mass is 413 g/mol. The molecule has 0 saturated heterocycles. The smallest absolute Gasteiger partial charge is 0.166 e. The summed E-state index contributed by atoms with van der Waals surface area (Å²) in [5.74, 6) is 1.55. The zero-order chi connectivity index (χ0) is 18.6. The third-order valence-corrected chi connectivity index (χ3v) is 4.24. The fourth-order valence-electron chi connectivity index (χ4n) is 2.63. The van der Waals surface area contributed by atoms with Crippen LogP contribution in [0.4, 0.5) is 0 Å². The highest BCUT2D eigenvalue weighted by atomic mass is 35.5. The first-order valence-electron chi connectivity index (χ1n) is 9.18. The number of para-hydroxylation sites is 1. The van der Waals surface area contributed by atoms with Gasteiger partial charge in [-0.15, -0.1) is 12.4 Å². The van der Waals surface area contributed by atoms with Gasteiger partial charge in [-0.05, 0) is 56.5 Å². The minimum Gasteiger partial charge on any atom is -0.490 e. The van der Waals surface area contributed by atoms with Crippen molar-refractivity contribution >= 4 is 24.0 Å². The van der Waals surface area contributed by atoms with Crippen molar-refractivity contribution < 1.29 is 14.6 Å². The van der Waals surface area contributed by atoms with Crippen molar-refractivity contribution in [3.8, 4) is 11.5 Å². The van der Waals surface area contributed by atoms with Crippen LogP contribution < -0.4 is 14.8 Å². The van der Waals surface area contributed by atoms with E-state index in [-0.39, 0.29) is 19.0 Å². The predicted molar refractivity (Wildman–Crippen MR) is 113 cm³/mol. The molecule has 2 N–H and O–H groups in total. The lowest BCUT2D eigenvalue weighted by Crippen LogP contribution is -2.16. The molecule has 0 aliphatic rings. The Bertz CT molecular complexity index is 650. The summed E-state index contributed by atoms with van der Waals surface area (Å²) in [4.78, 5) is 0. The molecule has 0 aliphatic carbocycles. The summed E-state index contributed by atoms with van der Waals surface area (Å²) in [6.07, 6.45) is 2.94. The van der Waals surface area contributed by atoms with E-state index in [0.29, 0.717) is 13.2 Å². The Kier molecular flexibility index (Phi) is 11.9. The van der Waals surface area contributed by atoms with E-state index in [1.807, 2.05) is 43.3 Å². The van der Waals surface area contributed by atoms with Crippen molar-refractivity contribution in [2.75, 3.05) is 19.8 Å². The van der Waals surface area contributed by atoms with E-state index in [0.717, 1.165) is 60.0 Å². The Morgan fingerprint density at radius 3 is 2.48 bits per heavy atom. The molecule has 2 aromatic rings. The lowest BCUT2D eigenvalue weighted by Gasteiger charge is -2.16. The summed E-state index contributed by atoms with van der Waals surface area (Å²) >= 11 is 5.94. The van der Waals surface area contributed by atoms with Gasteiger partial charge in [0.05, 0.1) is 6.61 Å². The number of hydrogen-bond donors (Lipinski definition) is 2. The van der Waals surface area contributed by atoms with Crippen LogP contribution in [0.5, 0.6) is 11.5 Å². The van der Waals surface area contributed by atoms with E-state index in [9.17, 15) is 0 Å². The van der Waals surface area contributed by atoms with Gasteiger partial charge < -0.3 is 19.9 Å². The summed E-state index contributed by atoms with van der Waals surface area (Å²) in [5.41, 5.74) is 2.13. The fourth-order valence-corrected chi connectivity index (χ4v) is 2.76. The molecule has 0 heterocycles. The van der Waals surface area contributed by atoms with Crippen LogP contribution in [0.2, 0.25) is 5.02 Å². The molecule has 2 aromatic carbocycles. The van der Waals surface area contributed by atoms with Crippen LogP contribution in [0.15, 0.2) is 42.5 Å². The molecule has 0 unspecified atom stereocenters. The molecule has 0 spiro atoms. The van der Waals surface area contributed by atoms with Gasteiger partial charge in [0.2, 0.25) is 0 Å². The van der Waals surface area contributed by atoms with Crippen molar-refractivity contribution in [1.29, 1.82) is 0 Å². The van der Waals surface area contributed by atoms with Crippen LogP contribution in [-0.2, 0) is 13.2 Å². The van der Waals surface area contributed by atoms with E-state index < -0.39 is 0 Å². The van der Waals surface area contributed by atoms with Gasteiger partial charge in [-0.3, -0.25) is 0 Å².